The average Bonchev–Trinajstić information content (AvgIpc) is 2.98. The third-order valence-corrected chi connectivity index (χ3v) is 4.91. The molecular weight excluding hydrogens is 262 g/mol. The minimum absolute atomic E-state index is 0.503. The van der Waals surface area contributed by atoms with Crippen molar-refractivity contribution in [1.82, 2.24) is 5.32 Å². The van der Waals surface area contributed by atoms with Crippen molar-refractivity contribution in [2.45, 2.75) is 46.1 Å². The van der Waals surface area contributed by atoms with Gasteiger partial charge in [-0.1, -0.05) is 45.0 Å². The smallest absolute Gasteiger partial charge is 0.0412 e. The lowest BCUT2D eigenvalue weighted by Crippen LogP contribution is -2.20. The van der Waals surface area contributed by atoms with E-state index in [1.807, 2.05) is 11.3 Å². The van der Waals surface area contributed by atoms with Crippen LogP contribution in [-0.2, 0) is 6.42 Å². The van der Waals surface area contributed by atoms with Gasteiger partial charge in [0.05, 0.1) is 0 Å². The van der Waals surface area contributed by atoms with Crippen molar-refractivity contribution in [2.24, 2.45) is 0 Å². The number of hydrogen-bond acceptors (Lipinski definition) is 2. The van der Waals surface area contributed by atoms with Crippen molar-refractivity contribution < 1.29 is 0 Å². The molecule has 0 amide bonds. The fourth-order valence-corrected chi connectivity index (χ4v) is 3.54. The Kier molecular flexibility index (Phi) is 5.81. The summed E-state index contributed by atoms with van der Waals surface area (Å²) >= 11 is 1.92. The normalized spacial score (nSPS) is 12.6. The molecule has 1 aromatic carbocycles. The summed E-state index contributed by atoms with van der Waals surface area (Å²) in [5.74, 6) is 0. The highest BCUT2D eigenvalue weighted by Gasteiger charge is 2.11. The summed E-state index contributed by atoms with van der Waals surface area (Å²) in [6.45, 7) is 7.76. The molecule has 1 nitrogen and oxygen atoms in total. The van der Waals surface area contributed by atoms with Crippen molar-refractivity contribution in [3.63, 3.8) is 0 Å². The lowest BCUT2D eigenvalue weighted by molar-refractivity contribution is 0.525. The molecule has 20 heavy (non-hydrogen) atoms. The van der Waals surface area contributed by atoms with Gasteiger partial charge >= 0.3 is 0 Å². The average molecular weight is 287 g/mol. The van der Waals surface area contributed by atoms with E-state index in [-0.39, 0.29) is 0 Å². The Morgan fingerprint density at radius 3 is 2.35 bits per heavy atom. The summed E-state index contributed by atoms with van der Waals surface area (Å²) in [6.07, 6.45) is 3.44. The summed E-state index contributed by atoms with van der Waals surface area (Å²) in [6, 6.07) is 14.0. The molecule has 1 heterocycles. The third kappa shape index (κ3) is 3.71. The Labute approximate surface area is 127 Å². The molecule has 2 rings (SSSR count). The molecule has 108 valence electrons. The lowest BCUT2D eigenvalue weighted by atomic mass is 10.1. The number of aryl methyl sites for hydroxylation is 1. The van der Waals surface area contributed by atoms with Crippen LogP contribution in [0.25, 0.3) is 10.4 Å². The van der Waals surface area contributed by atoms with E-state index < -0.39 is 0 Å². The number of benzene rings is 1. The first-order chi connectivity index (χ1) is 9.78. The maximum atomic E-state index is 3.63. The van der Waals surface area contributed by atoms with E-state index in [0.717, 1.165) is 19.4 Å². The van der Waals surface area contributed by atoms with Crippen LogP contribution >= 0.6 is 11.3 Å². The second-order valence-corrected chi connectivity index (χ2v) is 6.28. The molecule has 0 aliphatic carbocycles. The maximum absolute atomic E-state index is 3.63. The molecule has 0 radical (unpaired) electrons. The fourth-order valence-electron chi connectivity index (χ4n) is 2.36. The van der Waals surface area contributed by atoms with Gasteiger partial charge < -0.3 is 5.32 Å². The van der Waals surface area contributed by atoms with Gasteiger partial charge in [0, 0.05) is 15.8 Å². The topological polar surface area (TPSA) is 12.0 Å². The van der Waals surface area contributed by atoms with E-state index in [1.165, 1.54) is 27.3 Å². The second kappa shape index (κ2) is 7.61. The summed E-state index contributed by atoms with van der Waals surface area (Å²) in [7, 11) is 0. The van der Waals surface area contributed by atoms with Crippen LogP contribution < -0.4 is 5.32 Å². The van der Waals surface area contributed by atoms with Crippen LogP contribution in [-0.4, -0.2) is 6.54 Å². The monoisotopic (exact) mass is 287 g/mol. The van der Waals surface area contributed by atoms with Gasteiger partial charge in [-0.15, -0.1) is 11.3 Å². The molecule has 1 unspecified atom stereocenters. The van der Waals surface area contributed by atoms with Gasteiger partial charge in [-0.25, -0.2) is 0 Å². The predicted molar refractivity (Wildman–Crippen MR) is 90.5 cm³/mol. The van der Waals surface area contributed by atoms with E-state index in [9.17, 15) is 0 Å². The molecule has 0 saturated heterocycles. The van der Waals surface area contributed by atoms with Crippen LogP contribution in [0.2, 0.25) is 0 Å². The SMILES string of the molecule is CCCNC(CC)c1ccc(-c2ccc(CC)cc2)s1. The van der Waals surface area contributed by atoms with Gasteiger partial charge in [-0.3, -0.25) is 0 Å². The van der Waals surface area contributed by atoms with Gasteiger partial charge in [0.2, 0.25) is 0 Å². The maximum Gasteiger partial charge on any atom is 0.0412 e. The first-order valence-electron chi connectivity index (χ1n) is 7.70. The molecule has 2 heteroatoms. The van der Waals surface area contributed by atoms with Crippen molar-refractivity contribution in [3.05, 3.63) is 46.8 Å². The molecule has 1 aromatic heterocycles. The van der Waals surface area contributed by atoms with E-state index >= 15 is 0 Å². The van der Waals surface area contributed by atoms with E-state index in [4.69, 9.17) is 0 Å². The predicted octanol–water partition coefficient (Wildman–Crippen LogP) is 5.43. The largest absolute Gasteiger partial charge is 0.309 e. The highest BCUT2D eigenvalue weighted by Crippen LogP contribution is 2.32. The highest BCUT2D eigenvalue weighted by molar-refractivity contribution is 7.15. The zero-order valence-corrected chi connectivity index (χ0v) is 13.6. The minimum atomic E-state index is 0.503. The molecule has 0 saturated carbocycles. The molecule has 0 aliphatic heterocycles. The first-order valence-corrected chi connectivity index (χ1v) is 8.52. The van der Waals surface area contributed by atoms with E-state index in [0.29, 0.717) is 6.04 Å². The minimum Gasteiger partial charge on any atom is -0.309 e. The van der Waals surface area contributed by atoms with Crippen molar-refractivity contribution in [2.75, 3.05) is 6.54 Å². The van der Waals surface area contributed by atoms with Gasteiger partial charge in [0.25, 0.3) is 0 Å². The summed E-state index contributed by atoms with van der Waals surface area (Å²) in [5.41, 5.74) is 2.74. The van der Waals surface area contributed by atoms with Gasteiger partial charge in [-0.05, 0) is 49.1 Å². The Balaban J connectivity index is 2.14. The van der Waals surface area contributed by atoms with Crippen molar-refractivity contribution in [3.8, 4) is 10.4 Å². The third-order valence-electron chi connectivity index (χ3n) is 3.67. The fraction of sp³-hybridized carbons (Fsp3) is 0.444. The number of hydrogen-bond donors (Lipinski definition) is 1. The molecule has 1 atom stereocenters. The van der Waals surface area contributed by atoms with Gasteiger partial charge in [0.15, 0.2) is 0 Å². The Bertz CT molecular complexity index is 512. The quantitative estimate of drug-likeness (QED) is 0.716. The van der Waals surface area contributed by atoms with Crippen LogP contribution in [0.1, 0.15) is 50.1 Å². The lowest BCUT2D eigenvalue weighted by Gasteiger charge is -2.14. The molecule has 1 N–H and O–H groups in total. The second-order valence-electron chi connectivity index (χ2n) is 5.17. The summed E-state index contributed by atoms with van der Waals surface area (Å²) in [4.78, 5) is 2.83. The number of thiophene rings is 1. The van der Waals surface area contributed by atoms with Gasteiger partial charge in [-0.2, -0.15) is 0 Å². The standard InChI is InChI=1S/C18H25NS/c1-4-13-19-16(6-3)18-12-11-17(20-18)15-9-7-14(5-2)8-10-15/h7-12,16,19H,4-6,13H2,1-3H3. The molecule has 0 fully saturated rings. The molecule has 0 spiro atoms. The van der Waals surface area contributed by atoms with E-state index in [2.05, 4.69) is 62.5 Å². The number of rotatable bonds is 7. The number of nitrogens with one attached hydrogen (secondary N) is 1. The zero-order chi connectivity index (χ0) is 14.4. The summed E-state index contributed by atoms with van der Waals surface area (Å²) in [5, 5.41) is 3.63. The van der Waals surface area contributed by atoms with Crippen LogP contribution in [0.15, 0.2) is 36.4 Å². The molecule has 2 aromatic rings. The van der Waals surface area contributed by atoms with Crippen LogP contribution in [0.3, 0.4) is 0 Å². The van der Waals surface area contributed by atoms with Crippen molar-refractivity contribution >= 4 is 11.3 Å². The molecular formula is C18H25NS. The Morgan fingerprint density at radius 2 is 1.75 bits per heavy atom. The van der Waals surface area contributed by atoms with E-state index in [1.54, 1.807) is 0 Å². The van der Waals surface area contributed by atoms with Crippen LogP contribution in [0, 0.1) is 0 Å². The van der Waals surface area contributed by atoms with Crippen LogP contribution in [0.5, 0.6) is 0 Å². The zero-order valence-electron chi connectivity index (χ0n) is 12.8. The Morgan fingerprint density at radius 1 is 1.00 bits per heavy atom. The Hall–Kier alpha value is -1.12. The van der Waals surface area contributed by atoms with Gasteiger partial charge in [0.1, 0.15) is 0 Å². The molecule has 0 bridgehead atoms. The van der Waals surface area contributed by atoms with Crippen molar-refractivity contribution in [1.29, 1.82) is 0 Å². The summed E-state index contributed by atoms with van der Waals surface area (Å²) < 4.78 is 0. The highest BCUT2D eigenvalue weighted by atomic mass is 32.1. The van der Waals surface area contributed by atoms with Crippen LogP contribution in [0.4, 0.5) is 0 Å². The first kappa shape index (κ1) is 15.3. The molecule has 0 aliphatic rings.